The summed E-state index contributed by atoms with van der Waals surface area (Å²) in [4.78, 5) is 0. The lowest BCUT2D eigenvalue weighted by Crippen LogP contribution is -2.08. The number of ether oxygens (including phenoxy) is 1. The van der Waals surface area contributed by atoms with Crippen molar-refractivity contribution in [2.24, 2.45) is 0 Å². The Balaban J connectivity index is 2.89. The topological polar surface area (TPSA) is 22.4 Å². The summed E-state index contributed by atoms with van der Waals surface area (Å²) in [5, 5.41) is 0. The average Bonchev–Trinajstić information content (AvgIpc) is 2.32. The van der Waals surface area contributed by atoms with E-state index in [9.17, 15) is 0 Å². The minimum absolute atomic E-state index is 0.0663. The molecular weight excluding hydrogens is 140 g/mol. The van der Waals surface area contributed by atoms with Gasteiger partial charge in [-0.1, -0.05) is 20.8 Å². The van der Waals surface area contributed by atoms with Crippen molar-refractivity contribution in [2.45, 2.75) is 26.2 Å². The third kappa shape index (κ3) is 1.76. The largest absolute Gasteiger partial charge is 0.493 e. The van der Waals surface area contributed by atoms with Crippen LogP contribution in [0, 0.1) is 0 Å². The molecule has 11 heavy (non-hydrogen) atoms. The monoisotopic (exact) mass is 154 g/mol. The van der Waals surface area contributed by atoms with Crippen molar-refractivity contribution >= 4 is 0 Å². The minimum Gasteiger partial charge on any atom is -0.493 e. The van der Waals surface area contributed by atoms with Crippen LogP contribution in [0.4, 0.5) is 0 Å². The maximum atomic E-state index is 5.29. The predicted octanol–water partition coefficient (Wildman–Crippen LogP) is 2.59. The Morgan fingerprint density at radius 3 is 2.27 bits per heavy atom. The summed E-state index contributed by atoms with van der Waals surface area (Å²) in [5.41, 5.74) is 0.0663. The van der Waals surface area contributed by atoms with Gasteiger partial charge in [0.25, 0.3) is 0 Å². The molecule has 0 N–H and O–H groups in total. The summed E-state index contributed by atoms with van der Waals surface area (Å²) < 4.78 is 10.3. The molecule has 0 aliphatic heterocycles. The van der Waals surface area contributed by atoms with Gasteiger partial charge in [0.2, 0.25) is 0 Å². The number of furan rings is 1. The first-order valence-electron chi connectivity index (χ1n) is 3.67. The standard InChI is InChI=1S/C9H14O2/c1-9(2,3)8-5-7(10-4)6-11-8/h5-6H,1-4H3. The fourth-order valence-electron chi connectivity index (χ4n) is 0.819. The van der Waals surface area contributed by atoms with E-state index in [1.165, 1.54) is 0 Å². The van der Waals surface area contributed by atoms with Gasteiger partial charge in [-0.3, -0.25) is 0 Å². The molecule has 1 aromatic rings. The Bertz CT molecular complexity index is 230. The number of rotatable bonds is 1. The molecule has 0 saturated heterocycles. The van der Waals surface area contributed by atoms with Crippen LogP contribution >= 0.6 is 0 Å². The Hall–Kier alpha value is -0.920. The van der Waals surface area contributed by atoms with E-state index in [4.69, 9.17) is 9.15 Å². The van der Waals surface area contributed by atoms with E-state index >= 15 is 0 Å². The van der Waals surface area contributed by atoms with Gasteiger partial charge in [-0.2, -0.15) is 0 Å². The van der Waals surface area contributed by atoms with E-state index in [-0.39, 0.29) is 5.41 Å². The van der Waals surface area contributed by atoms with Crippen molar-refractivity contribution in [3.63, 3.8) is 0 Å². The molecule has 62 valence electrons. The SMILES string of the molecule is COc1coc(C(C)(C)C)c1. The minimum atomic E-state index is 0.0663. The molecule has 0 amide bonds. The van der Waals surface area contributed by atoms with Crippen molar-refractivity contribution in [1.29, 1.82) is 0 Å². The molecule has 2 nitrogen and oxygen atoms in total. The molecule has 1 rings (SSSR count). The second kappa shape index (κ2) is 2.61. The van der Waals surface area contributed by atoms with Crippen molar-refractivity contribution in [2.75, 3.05) is 7.11 Å². The highest BCUT2D eigenvalue weighted by Gasteiger charge is 2.18. The van der Waals surface area contributed by atoms with Crippen molar-refractivity contribution in [3.8, 4) is 5.75 Å². The molecule has 2 heteroatoms. The summed E-state index contributed by atoms with van der Waals surface area (Å²) in [5.74, 6) is 1.74. The van der Waals surface area contributed by atoms with Gasteiger partial charge in [0, 0.05) is 11.5 Å². The lowest BCUT2D eigenvalue weighted by molar-refractivity contribution is 0.391. The highest BCUT2D eigenvalue weighted by Crippen LogP contribution is 2.27. The number of hydrogen-bond donors (Lipinski definition) is 0. The Kier molecular flexibility index (Phi) is 1.94. The third-order valence-corrected chi connectivity index (χ3v) is 1.55. The zero-order valence-corrected chi connectivity index (χ0v) is 7.47. The second-order valence-corrected chi connectivity index (χ2v) is 3.60. The number of hydrogen-bond acceptors (Lipinski definition) is 2. The van der Waals surface area contributed by atoms with Crippen LogP contribution in [-0.2, 0) is 5.41 Å². The molecule has 1 aromatic heterocycles. The zero-order chi connectivity index (χ0) is 8.48. The first-order valence-corrected chi connectivity index (χ1v) is 3.67. The van der Waals surface area contributed by atoms with Gasteiger partial charge in [0.05, 0.1) is 7.11 Å². The quantitative estimate of drug-likeness (QED) is 0.620. The van der Waals surface area contributed by atoms with Crippen LogP contribution in [0.15, 0.2) is 16.7 Å². The average molecular weight is 154 g/mol. The van der Waals surface area contributed by atoms with Crippen LogP contribution in [0.1, 0.15) is 26.5 Å². The number of methoxy groups -OCH3 is 1. The second-order valence-electron chi connectivity index (χ2n) is 3.60. The van der Waals surface area contributed by atoms with Gasteiger partial charge in [-0.05, 0) is 0 Å². The molecule has 0 spiro atoms. The van der Waals surface area contributed by atoms with Crippen LogP contribution in [0.5, 0.6) is 5.75 Å². The van der Waals surface area contributed by atoms with E-state index < -0.39 is 0 Å². The molecular formula is C9H14O2. The van der Waals surface area contributed by atoms with E-state index in [0.717, 1.165) is 11.5 Å². The van der Waals surface area contributed by atoms with Gasteiger partial charge in [-0.25, -0.2) is 0 Å². The van der Waals surface area contributed by atoms with Gasteiger partial charge < -0.3 is 9.15 Å². The molecule has 0 bridgehead atoms. The van der Waals surface area contributed by atoms with Gasteiger partial charge in [-0.15, -0.1) is 0 Å². The van der Waals surface area contributed by atoms with E-state index in [1.54, 1.807) is 13.4 Å². The molecule has 0 saturated carbocycles. The summed E-state index contributed by atoms with van der Waals surface area (Å²) in [7, 11) is 1.64. The Morgan fingerprint density at radius 2 is 2.00 bits per heavy atom. The lowest BCUT2D eigenvalue weighted by atomic mass is 9.94. The predicted molar refractivity (Wildman–Crippen MR) is 44.0 cm³/mol. The molecule has 0 unspecified atom stereocenters. The molecule has 0 aromatic carbocycles. The Labute approximate surface area is 67.2 Å². The third-order valence-electron chi connectivity index (χ3n) is 1.55. The smallest absolute Gasteiger partial charge is 0.157 e. The van der Waals surface area contributed by atoms with Crippen LogP contribution < -0.4 is 4.74 Å². The fraction of sp³-hybridized carbons (Fsp3) is 0.556. The summed E-state index contributed by atoms with van der Waals surface area (Å²) in [6.45, 7) is 6.31. The normalized spacial score (nSPS) is 11.6. The molecule has 1 heterocycles. The lowest BCUT2D eigenvalue weighted by Gasteiger charge is -2.13. The molecule has 0 atom stereocenters. The molecule has 0 aliphatic rings. The maximum Gasteiger partial charge on any atom is 0.157 e. The maximum absolute atomic E-state index is 5.29. The van der Waals surface area contributed by atoms with Crippen molar-refractivity contribution in [3.05, 3.63) is 18.1 Å². The van der Waals surface area contributed by atoms with Gasteiger partial charge in [0.1, 0.15) is 12.0 Å². The van der Waals surface area contributed by atoms with Crippen LogP contribution in [0.25, 0.3) is 0 Å². The van der Waals surface area contributed by atoms with Crippen LogP contribution in [-0.4, -0.2) is 7.11 Å². The highest BCUT2D eigenvalue weighted by molar-refractivity contribution is 5.23. The van der Waals surface area contributed by atoms with E-state index in [2.05, 4.69) is 20.8 Å². The molecule has 0 fully saturated rings. The van der Waals surface area contributed by atoms with Crippen LogP contribution in [0.3, 0.4) is 0 Å². The summed E-state index contributed by atoms with van der Waals surface area (Å²) in [6.07, 6.45) is 1.63. The Morgan fingerprint density at radius 1 is 1.36 bits per heavy atom. The summed E-state index contributed by atoms with van der Waals surface area (Å²) >= 11 is 0. The van der Waals surface area contributed by atoms with Crippen LogP contribution in [0.2, 0.25) is 0 Å². The van der Waals surface area contributed by atoms with Crippen molar-refractivity contribution in [1.82, 2.24) is 0 Å². The molecule has 0 radical (unpaired) electrons. The van der Waals surface area contributed by atoms with E-state index in [0.29, 0.717) is 0 Å². The molecule has 0 aliphatic carbocycles. The fourth-order valence-corrected chi connectivity index (χ4v) is 0.819. The summed E-state index contributed by atoms with van der Waals surface area (Å²) in [6, 6.07) is 1.92. The van der Waals surface area contributed by atoms with Crippen molar-refractivity contribution < 1.29 is 9.15 Å². The highest BCUT2D eigenvalue weighted by atomic mass is 16.5. The zero-order valence-electron chi connectivity index (χ0n) is 7.47. The first kappa shape index (κ1) is 8.18. The first-order chi connectivity index (χ1) is 5.04. The van der Waals surface area contributed by atoms with Gasteiger partial charge in [0.15, 0.2) is 5.75 Å². The van der Waals surface area contributed by atoms with Gasteiger partial charge >= 0.3 is 0 Å². The van der Waals surface area contributed by atoms with E-state index in [1.807, 2.05) is 6.07 Å².